The Kier molecular flexibility index (Phi) is 4.21. The van der Waals surface area contributed by atoms with Gasteiger partial charge in [0.25, 0.3) is 0 Å². The van der Waals surface area contributed by atoms with Crippen LogP contribution in [0.25, 0.3) is 0 Å². The van der Waals surface area contributed by atoms with Gasteiger partial charge in [0.2, 0.25) is 0 Å². The van der Waals surface area contributed by atoms with Crippen LogP contribution < -0.4 is 0 Å². The first-order valence-corrected chi connectivity index (χ1v) is 2.53. The molecule has 0 fully saturated rings. The lowest BCUT2D eigenvalue weighted by Gasteiger charge is -2.12. The summed E-state index contributed by atoms with van der Waals surface area (Å²) < 4.78 is 4.47. The van der Waals surface area contributed by atoms with Gasteiger partial charge in [-0.25, -0.2) is 0 Å². The molecule has 0 amide bonds. The van der Waals surface area contributed by atoms with Crippen LogP contribution in [0.15, 0.2) is 0 Å². The molecule has 0 spiro atoms. The van der Waals surface area contributed by atoms with Crippen LogP contribution in [0.4, 0.5) is 0 Å². The zero-order valence-electron chi connectivity index (χ0n) is 5.15. The van der Waals surface area contributed by atoms with Crippen molar-refractivity contribution in [2.45, 2.75) is 12.2 Å². The van der Waals surface area contributed by atoms with Crippen LogP contribution >= 0.6 is 0 Å². The summed E-state index contributed by atoms with van der Waals surface area (Å²) in [6, 6.07) is 0. The van der Waals surface area contributed by atoms with Crippen LogP contribution in [-0.2, 0) is 9.53 Å². The molecular weight excluding hydrogens is 124 g/mol. The predicted octanol–water partition coefficient (Wildman–Crippen LogP) is -1.45. The van der Waals surface area contributed by atoms with Crippen LogP contribution in [0.1, 0.15) is 0 Å². The first kappa shape index (κ1) is 8.55. The Labute approximate surface area is 53.1 Å². The number of carbonyl (C=O) groups excluding carboxylic acids is 1. The van der Waals surface area contributed by atoms with Crippen molar-refractivity contribution in [1.82, 2.24) is 0 Å². The number of rotatable bonds is 4. The van der Waals surface area contributed by atoms with Gasteiger partial charge in [-0.3, -0.25) is 0 Å². The minimum Gasteiger partial charge on any atom is -0.394 e. The van der Waals surface area contributed by atoms with Gasteiger partial charge in [-0.1, -0.05) is 0 Å². The van der Waals surface area contributed by atoms with Crippen molar-refractivity contribution >= 4 is 6.29 Å². The van der Waals surface area contributed by atoms with Crippen molar-refractivity contribution in [2.24, 2.45) is 0 Å². The van der Waals surface area contributed by atoms with Crippen LogP contribution in [0.3, 0.4) is 0 Å². The predicted molar refractivity (Wildman–Crippen MR) is 30.0 cm³/mol. The molecule has 0 aromatic rings. The largest absolute Gasteiger partial charge is 0.394 e. The van der Waals surface area contributed by atoms with E-state index in [2.05, 4.69) is 4.74 Å². The van der Waals surface area contributed by atoms with E-state index in [0.717, 1.165) is 0 Å². The van der Waals surface area contributed by atoms with Crippen molar-refractivity contribution in [1.29, 1.82) is 0 Å². The summed E-state index contributed by atoms with van der Waals surface area (Å²) in [6.45, 7) is -0.461. The fourth-order valence-electron chi connectivity index (χ4n) is 0.407. The van der Waals surface area contributed by atoms with E-state index in [1.165, 1.54) is 7.11 Å². The summed E-state index contributed by atoms with van der Waals surface area (Å²) in [5.41, 5.74) is 0. The first-order valence-electron chi connectivity index (χ1n) is 2.53. The third-order valence-electron chi connectivity index (χ3n) is 0.973. The smallest absolute Gasteiger partial charge is 0.151 e. The van der Waals surface area contributed by atoms with E-state index in [0.29, 0.717) is 6.29 Å². The molecule has 0 saturated heterocycles. The van der Waals surface area contributed by atoms with Crippen LogP contribution in [-0.4, -0.2) is 42.4 Å². The Morgan fingerprint density at radius 1 is 1.78 bits per heavy atom. The zero-order chi connectivity index (χ0) is 7.28. The van der Waals surface area contributed by atoms with E-state index in [-0.39, 0.29) is 0 Å². The average Bonchev–Trinajstić information content (AvgIpc) is 1.90. The highest BCUT2D eigenvalue weighted by Crippen LogP contribution is 1.92. The van der Waals surface area contributed by atoms with Crippen molar-refractivity contribution < 1.29 is 19.7 Å². The number of aldehydes is 1. The molecule has 54 valence electrons. The lowest BCUT2D eigenvalue weighted by molar-refractivity contribution is -0.124. The van der Waals surface area contributed by atoms with Gasteiger partial charge in [-0.2, -0.15) is 0 Å². The number of aliphatic hydroxyl groups excluding tert-OH is 2. The quantitative estimate of drug-likeness (QED) is 0.462. The standard InChI is InChI=1S/C5H10O4/c1-9-5(3-7)4(8)2-6/h3-6,8H,2H2,1H3/t4-,5+/m0/s1. The number of hydrogen-bond acceptors (Lipinski definition) is 4. The second-order valence-corrected chi connectivity index (χ2v) is 1.59. The summed E-state index contributed by atoms with van der Waals surface area (Å²) in [5, 5.41) is 17.0. The molecule has 0 bridgehead atoms. The molecule has 9 heavy (non-hydrogen) atoms. The molecule has 4 nitrogen and oxygen atoms in total. The third-order valence-corrected chi connectivity index (χ3v) is 0.973. The van der Waals surface area contributed by atoms with E-state index in [1.54, 1.807) is 0 Å². The fraction of sp³-hybridized carbons (Fsp3) is 0.800. The van der Waals surface area contributed by atoms with Gasteiger partial charge in [0.15, 0.2) is 6.29 Å². The highest BCUT2D eigenvalue weighted by atomic mass is 16.5. The molecule has 2 N–H and O–H groups in total. The summed E-state index contributed by atoms with van der Waals surface area (Å²) >= 11 is 0. The van der Waals surface area contributed by atoms with Crippen molar-refractivity contribution in [2.75, 3.05) is 13.7 Å². The minimum absolute atomic E-state index is 0.445. The molecule has 0 aliphatic carbocycles. The second kappa shape index (κ2) is 4.43. The van der Waals surface area contributed by atoms with Crippen molar-refractivity contribution in [3.05, 3.63) is 0 Å². The van der Waals surface area contributed by atoms with E-state index >= 15 is 0 Å². The van der Waals surface area contributed by atoms with E-state index < -0.39 is 18.8 Å². The highest BCUT2D eigenvalue weighted by molar-refractivity contribution is 5.56. The molecule has 0 aromatic carbocycles. The molecule has 0 aliphatic rings. The Bertz CT molecular complexity index is 83.0. The van der Waals surface area contributed by atoms with Crippen molar-refractivity contribution in [3.8, 4) is 0 Å². The van der Waals surface area contributed by atoms with Crippen molar-refractivity contribution in [3.63, 3.8) is 0 Å². The second-order valence-electron chi connectivity index (χ2n) is 1.59. The van der Waals surface area contributed by atoms with Crippen LogP contribution in [0.5, 0.6) is 0 Å². The van der Waals surface area contributed by atoms with Crippen LogP contribution in [0.2, 0.25) is 0 Å². The minimum atomic E-state index is -1.10. The number of methoxy groups -OCH3 is 1. The van der Waals surface area contributed by atoms with Gasteiger partial charge in [0.1, 0.15) is 12.2 Å². The maximum absolute atomic E-state index is 9.94. The Hall–Kier alpha value is -0.450. The van der Waals surface area contributed by atoms with Gasteiger partial charge >= 0.3 is 0 Å². The van der Waals surface area contributed by atoms with Gasteiger partial charge in [-0.15, -0.1) is 0 Å². The number of aliphatic hydroxyl groups is 2. The van der Waals surface area contributed by atoms with Gasteiger partial charge < -0.3 is 19.7 Å². The monoisotopic (exact) mass is 134 g/mol. The summed E-state index contributed by atoms with van der Waals surface area (Å²) in [4.78, 5) is 9.94. The third kappa shape index (κ3) is 2.55. The van der Waals surface area contributed by atoms with Crippen LogP contribution in [0, 0.1) is 0 Å². The molecule has 0 unspecified atom stereocenters. The van der Waals surface area contributed by atoms with Gasteiger partial charge in [-0.05, 0) is 0 Å². The van der Waals surface area contributed by atoms with E-state index in [9.17, 15) is 4.79 Å². The fourth-order valence-corrected chi connectivity index (χ4v) is 0.407. The number of ether oxygens (including phenoxy) is 1. The van der Waals surface area contributed by atoms with Gasteiger partial charge in [0.05, 0.1) is 6.61 Å². The topological polar surface area (TPSA) is 66.8 Å². The normalized spacial score (nSPS) is 16.8. The number of hydrogen-bond donors (Lipinski definition) is 2. The Morgan fingerprint density at radius 2 is 2.33 bits per heavy atom. The van der Waals surface area contributed by atoms with Gasteiger partial charge in [0, 0.05) is 7.11 Å². The highest BCUT2D eigenvalue weighted by Gasteiger charge is 2.15. The lowest BCUT2D eigenvalue weighted by Crippen LogP contribution is -2.32. The first-order chi connectivity index (χ1) is 4.26. The average molecular weight is 134 g/mol. The summed E-state index contributed by atoms with van der Waals surface area (Å²) in [7, 11) is 1.29. The molecule has 0 saturated carbocycles. The van der Waals surface area contributed by atoms with E-state index in [4.69, 9.17) is 10.2 Å². The molecule has 4 heteroatoms. The number of carbonyl (C=O) groups is 1. The molecule has 2 atom stereocenters. The molecule has 0 heterocycles. The summed E-state index contributed by atoms with van der Waals surface area (Å²) in [6.07, 6.45) is -1.57. The Morgan fingerprint density at radius 3 is 2.44 bits per heavy atom. The Balaban J connectivity index is 3.63. The molecule has 0 aromatic heterocycles. The maximum Gasteiger partial charge on any atom is 0.151 e. The molecule has 0 aliphatic heterocycles. The lowest BCUT2D eigenvalue weighted by atomic mass is 10.2. The maximum atomic E-state index is 9.94. The molecular formula is C5H10O4. The van der Waals surface area contributed by atoms with E-state index in [1.807, 2.05) is 0 Å². The summed E-state index contributed by atoms with van der Waals surface area (Å²) in [5.74, 6) is 0. The molecule has 0 rings (SSSR count). The SMILES string of the molecule is CO[C@H](C=O)[C@@H](O)CO. The zero-order valence-corrected chi connectivity index (χ0v) is 5.15. The molecule has 0 radical (unpaired) electrons.